The predicted octanol–water partition coefficient (Wildman–Crippen LogP) is 4.36. The second kappa shape index (κ2) is 6.58. The summed E-state index contributed by atoms with van der Waals surface area (Å²) in [6.07, 6.45) is 0.664. The van der Waals surface area contributed by atoms with E-state index in [2.05, 4.69) is 0 Å². The minimum absolute atomic E-state index is 0.270. The summed E-state index contributed by atoms with van der Waals surface area (Å²) in [6, 6.07) is 13.2. The fourth-order valence-electron chi connectivity index (χ4n) is 2.00. The molecule has 0 aliphatic heterocycles. The number of halogens is 1. The van der Waals surface area contributed by atoms with Gasteiger partial charge in [0.15, 0.2) is 0 Å². The number of ether oxygens (including phenoxy) is 1. The third-order valence-corrected chi connectivity index (χ3v) is 3.57. The largest absolute Gasteiger partial charge is 0.462 e. The molecule has 0 aliphatic carbocycles. The zero-order valence-corrected chi connectivity index (χ0v) is 12.4. The van der Waals surface area contributed by atoms with Crippen LogP contribution in [0.25, 0.3) is 0 Å². The zero-order valence-electron chi connectivity index (χ0n) is 11.7. The van der Waals surface area contributed by atoms with Gasteiger partial charge in [-0.3, -0.25) is 0 Å². The molecular weight excluding hydrogens is 272 g/mol. The van der Waals surface area contributed by atoms with Crippen LogP contribution in [0.5, 0.6) is 0 Å². The van der Waals surface area contributed by atoms with Crippen LogP contribution in [0, 0.1) is 13.8 Å². The summed E-state index contributed by atoms with van der Waals surface area (Å²) >= 11 is 5.91. The van der Waals surface area contributed by atoms with Gasteiger partial charge in [-0.15, -0.1) is 0 Å². The highest BCUT2D eigenvalue weighted by Gasteiger charge is 2.11. The van der Waals surface area contributed by atoms with Gasteiger partial charge in [-0.25, -0.2) is 4.79 Å². The van der Waals surface area contributed by atoms with Gasteiger partial charge in [0, 0.05) is 11.4 Å². The molecule has 104 valence electrons. The Labute approximate surface area is 124 Å². The summed E-state index contributed by atoms with van der Waals surface area (Å²) in [6.45, 7) is 4.27. The summed E-state index contributed by atoms with van der Waals surface area (Å²) in [5.41, 5.74) is 3.76. The molecule has 20 heavy (non-hydrogen) atoms. The summed E-state index contributed by atoms with van der Waals surface area (Å²) in [5.74, 6) is -0.270. The van der Waals surface area contributed by atoms with E-state index in [1.807, 2.05) is 50.2 Å². The van der Waals surface area contributed by atoms with E-state index < -0.39 is 0 Å². The Hall–Kier alpha value is -1.80. The van der Waals surface area contributed by atoms with Crippen molar-refractivity contribution < 1.29 is 9.53 Å². The van der Waals surface area contributed by atoms with Crippen molar-refractivity contribution in [3.05, 3.63) is 69.7 Å². The number of hydrogen-bond acceptors (Lipinski definition) is 2. The van der Waals surface area contributed by atoms with Crippen molar-refractivity contribution in [2.75, 3.05) is 6.61 Å². The van der Waals surface area contributed by atoms with E-state index in [1.165, 1.54) is 0 Å². The molecule has 3 heteroatoms. The van der Waals surface area contributed by atoms with Crippen LogP contribution in [0.4, 0.5) is 0 Å². The molecule has 0 heterocycles. The minimum Gasteiger partial charge on any atom is -0.462 e. The normalized spacial score (nSPS) is 10.3. The van der Waals surface area contributed by atoms with E-state index >= 15 is 0 Å². The standard InChI is InChI=1S/C17H17ClO2/c1-12-5-3-8-16(13(12)2)17(19)20-10-9-14-6-4-7-15(18)11-14/h3-8,11H,9-10H2,1-2H3. The van der Waals surface area contributed by atoms with Gasteiger partial charge in [0.25, 0.3) is 0 Å². The molecule has 0 amide bonds. The lowest BCUT2D eigenvalue weighted by molar-refractivity contribution is 0.0508. The zero-order chi connectivity index (χ0) is 14.5. The monoisotopic (exact) mass is 288 g/mol. The first-order valence-electron chi connectivity index (χ1n) is 6.55. The lowest BCUT2D eigenvalue weighted by Crippen LogP contribution is -2.10. The Bertz CT molecular complexity index is 620. The fourth-order valence-corrected chi connectivity index (χ4v) is 2.22. The molecule has 0 unspecified atom stereocenters. The summed E-state index contributed by atoms with van der Waals surface area (Å²) < 4.78 is 5.33. The molecule has 0 aliphatic rings. The molecule has 0 atom stereocenters. The molecule has 0 N–H and O–H groups in total. The SMILES string of the molecule is Cc1cccc(C(=O)OCCc2cccc(Cl)c2)c1C. The molecule has 0 spiro atoms. The van der Waals surface area contributed by atoms with E-state index in [9.17, 15) is 4.79 Å². The molecule has 0 saturated heterocycles. The van der Waals surface area contributed by atoms with Crippen LogP contribution in [-0.4, -0.2) is 12.6 Å². The topological polar surface area (TPSA) is 26.3 Å². The molecule has 0 radical (unpaired) electrons. The minimum atomic E-state index is -0.270. The van der Waals surface area contributed by atoms with Crippen molar-refractivity contribution in [2.45, 2.75) is 20.3 Å². The molecule has 2 rings (SSSR count). The van der Waals surface area contributed by atoms with Gasteiger partial charge >= 0.3 is 5.97 Å². The lowest BCUT2D eigenvalue weighted by atomic mass is 10.0. The molecule has 0 fully saturated rings. The molecule has 0 saturated carbocycles. The third-order valence-electron chi connectivity index (χ3n) is 3.34. The van der Waals surface area contributed by atoms with Gasteiger partial charge in [0.2, 0.25) is 0 Å². The first-order chi connectivity index (χ1) is 9.58. The maximum atomic E-state index is 12.0. The van der Waals surface area contributed by atoms with Crippen LogP contribution >= 0.6 is 11.6 Å². The Balaban J connectivity index is 1.94. The van der Waals surface area contributed by atoms with Gasteiger partial charge in [-0.1, -0.05) is 35.9 Å². The Morgan fingerprint density at radius 1 is 1.15 bits per heavy atom. The van der Waals surface area contributed by atoms with Crippen molar-refractivity contribution in [1.29, 1.82) is 0 Å². The summed E-state index contributed by atoms with van der Waals surface area (Å²) in [5, 5.41) is 0.698. The van der Waals surface area contributed by atoms with E-state index in [1.54, 1.807) is 6.07 Å². The van der Waals surface area contributed by atoms with Gasteiger partial charge in [0.1, 0.15) is 0 Å². The van der Waals surface area contributed by atoms with E-state index in [0.29, 0.717) is 23.6 Å². The number of carbonyl (C=O) groups excluding carboxylic acids is 1. The molecular formula is C17H17ClO2. The smallest absolute Gasteiger partial charge is 0.338 e. The van der Waals surface area contributed by atoms with E-state index in [4.69, 9.17) is 16.3 Å². The predicted molar refractivity (Wildman–Crippen MR) is 81.4 cm³/mol. The number of carbonyl (C=O) groups is 1. The second-order valence-corrected chi connectivity index (χ2v) is 5.20. The third kappa shape index (κ3) is 3.61. The molecule has 2 aromatic carbocycles. The first kappa shape index (κ1) is 14.6. The summed E-state index contributed by atoms with van der Waals surface area (Å²) in [7, 11) is 0. The average Bonchev–Trinajstić information content (AvgIpc) is 2.42. The molecule has 2 aromatic rings. The van der Waals surface area contributed by atoms with Gasteiger partial charge in [-0.05, 0) is 48.7 Å². The highest BCUT2D eigenvalue weighted by atomic mass is 35.5. The maximum Gasteiger partial charge on any atom is 0.338 e. The van der Waals surface area contributed by atoms with Crippen molar-refractivity contribution in [3.8, 4) is 0 Å². The van der Waals surface area contributed by atoms with Crippen LogP contribution in [0.15, 0.2) is 42.5 Å². The van der Waals surface area contributed by atoms with E-state index in [-0.39, 0.29) is 5.97 Å². The highest BCUT2D eigenvalue weighted by Crippen LogP contribution is 2.15. The number of esters is 1. The Kier molecular flexibility index (Phi) is 4.80. The second-order valence-electron chi connectivity index (χ2n) is 4.76. The van der Waals surface area contributed by atoms with Crippen LogP contribution in [0.3, 0.4) is 0 Å². The number of hydrogen-bond donors (Lipinski definition) is 0. The number of benzene rings is 2. The van der Waals surface area contributed by atoms with Crippen LogP contribution in [-0.2, 0) is 11.2 Å². The van der Waals surface area contributed by atoms with Crippen molar-refractivity contribution in [3.63, 3.8) is 0 Å². The van der Waals surface area contributed by atoms with Crippen LogP contribution in [0.2, 0.25) is 5.02 Å². The van der Waals surface area contributed by atoms with Gasteiger partial charge < -0.3 is 4.74 Å². The average molecular weight is 289 g/mol. The number of rotatable bonds is 4. The molecule has 0 bridgehead atoms. The fraction of sp³-hybridized carbons (Fsp3) is 0.235. The maximum absolute atomic E-state index is 12.0. The van der Waals surface area contributed by atoms with Crippen LogP contribution < -0.4 is 0 Å². The van der Waals surface area contributed by atoms with Crippen molar-refractivity contribution in [2.24, 2.45) is 0 Å². The van der Waals surface area contributed by atoms with Gasteiger partial charge in [0.05, 0.1) is 12.2 Å². The Morgan fingerprint density at radius 2 is 1.90 bits per heavy atom. The van der Waals surface area contributed by atoms with E-state index in [0.717, 1.165) is 16.7 Å². The van der Waals surface area contributed by atoms with Crippen molar-refractivity contribution >= 4 is 17.6 Å². The van der Waals surface area contributed by atoms with Crippen molar-refractivity contribution in [1.82, 2.24) is 0 Å². The molecule has 2 nitrogen and oxygen atoms in total. The van der Waals surface area contributed by atoms with Gasteiger partial charge in [-0.2, -0.15) is 0 Å². The molecule has 0 aromatic heterocycles. The van der Waals surface area contributed by atoms with Crippen LogP contribution in [0.1, 0.15) is 27.0 Å². The number of aryl methyl sites for hydroxylation is 1. The lowest BCUT2D eigenvalue weighted by Gasteiger charge is -2.09. The quantitative estimate of drug-likeness (QED) is 0.782. The highest BCUT2D eigenvalue weighted by molar-refractivity contribution is 6.30. The first-order valence-corrected chi connectivity index (χ1v) is 6.93. The summed E-state index contributed by atoms with van der Waals surface area (Å²) in [4.78, 5) is 12.0. The Morgan fingerprint density at radius 3 is 2.65 bits per heavy atom.